The van der Waals surface area contributed by atoms with E-state index in [0.29, 0.717) is 24.6 Å². The number of amides is 1. The molecule has 0 spiro atoms. The fourth-order valence-corrected chi connectivity index (χ4v) is 6.83. The zero-order chi connectivity index (χ0) is 24.7. The smallest absolute Gasteiger partial charge is 0.259 e. The second-order valence-corrected chi connectivity index (χ2v) is 12.3. The van der Waals surface area contributed by atoms with Crippen molar-refractivity contribution in [1.82, 2.24) is 14.9 Å². The molecular formula is C28H36N4O2S. The first-order valence-corrected chi connectivity index (χ1v) is 13.6. The van der Waals surface area contributed by atoms with Gasteiger partial charge < -0.3 is 14.8 Å². The third-order valence-electron chi connectivity index (χ3n) is 7.77. The molecule has 5 rings (SSSR count). The predicted octanol–water partition coefficient (Wildman–Crippen LogP) is 4.73. The van der Waals surface area contributed by atoms with Gasteiger partial charge in [0, 0.05) is 49.6 Å². The number of rotatable bonds is 4. The van der Waals surface area contributed by atoms with Crippen LogP contribution in [0.15, 0.2) is 29.1 Å². The number of hydrogen-bond donors (Lipinski definition) is 1. The Morgan fingerprint density at radius 2 is 1.97 bits per heavy atom. The highest BCUT2D eigenvalue weighted by Crippen LogP contribution is 2.42. The maximum absolute atomic E-state index is 13.0. The first kappa shape index (κ1) is 24.0. The lowest BCUT2D eigenvalue weighted by Crippen LogP contribution is -2.48. The number of hydrogen-bond acceptors (Lipinski definition) is 5. The summed E-state index contributed by atoms with van der Waals surface area (Å²) in [6, 6.07) is 8.52. The van der Waals surface area contributed by atoms with Crippen LogP contribution in [0.1, 0.15) is 55.4 Å². The number of thiophene rings is 1. The number of fused-ring (bicyclic) bond motifs is 3. The SMILES string of the molecule is Cc1cccc(N2CCN(C(=O)CCc3nc4sc5c(c4c(=O)[nH]3)CCC(C(C)(C)C)C5)CC2)c1. The van der Waals surface area contributed by atoms with Gasteiger partial charge in [0.05, 0.1) is 5.39 Å². The van der Waals surface area contributed by atoms with Crippen molar-refractivity contribution >= 4 is 33.1 Å². The average Bonchev–Trinajstić information content (AvgIpc) is 3.20. The Labute approximate surface area is 211 Å². The number of anilines is 1. The Balaban J connectivity index is 1.22. The lowest BCUT2D eigenvalue weighted by Gasteiger charge is -2.36. The first-order chi connectivity index (χ1) is 16.7. The molecule has 3 aromatic rings. The highest BCUT2D eigenvalue weighted by Gasteiger charge is 2.31. The quantitative estimate of drug-likeness (QED) is 0.572. The normalized spacial score (nSPS) is 18.7. The third kappa shape index (κ3) is 5.01. The van der Waals surface area contributed by atoms with Crippen LogP contribution in [0.25, 0.3) is 10.2 Å². The van der Waals surface area contributed by atoms with Gasteiger partial charge in [-0.3, -0.25) is 9.59 Å². The van der Waals surface area contributed by atoms with Gasteiger partial charge in [-0.1, -0.05) is 32.9 Å². The molecular weight excluding hydrogens is 456 g/mol. The zero-order valence-corrected chi connectivity index (χ0v) is 22.1. The fourth-order valence-electron chi connectivity index (χ4n) is 5.51. The molecule has 3 heterocycles. The van der Waals surface area contributed by atoms with Crippen LogP contribution in [0.3, 0.4) is 0 Å². The number of aromatic nitrogens is 2. The molecule has 7 heteroatoms. The van der Waals surface area contributed by atoms with Crippen molar-refractivity contribution in [2.45, 2.75) is 59.8 Å². The Morgan fingerprint density at radius 1 is 1.20 bits per heavy atom. The second-order valence-electron chi connectivity index (χ2n) is 11.2. The summed E-state index contributed by atoms with van der Waals surface area (Å²) in [6.45, 7) is 12.1. The maximum atomic E-state index is 13.0. The van der Waals surface area contributed by atoms with E-state index in [1.165, 1.54) is 21.7 Å². The highest BCUT2D eigenvalue weighted by molar-refractivity contribution is 7.18. The minimum Gasteiger partial charge on any atom is -0.368 e. The van der Waals surface area contributed by atoms with E-state index in [4.69, 9.17) is 4.98 Å². The van der Waals surface area contributed by atoms with Crippen LogP contribution in [0.2, 0.25) is 0 Å². The molecule has 1 N–H and O–H groups in total. The second kappa shape index (κ2) is 9.41. The van der Waals surface area contributed by atoms with Crippen molar-refractivity contribution in [2.24, 2.45) is 11.3 Å². The van der Waals surface area contributed by atoms with Gasteiger partial charge in [-0.05, 0) is 60.8 Å². The monoisotopic (exact) mass is 492 g/mol. The number of nitrogens with one attached hydrogen (secondary N) is 1. The third-order valence-corrected chi connectivity index (χ3v) is 8.92. The summed E-state index contributed by atoms with van der Waals surface area (Å²) in [5.41, 5.74) is 3.90. The zero-order valence-electron chi connectivity index (χ0n) is 21.3. The van der Waals surface area contributed by atoms with E-state index in [-0.39, 0.29) is 16.9 Å². The molecule has 35 heavy (non-hydrogen) atoms. The molecule has 1 unspecified atom stereocenters. The average molecular weight is 493 g/mol. The Kier molecular flexibility index (Phi) is 6.47. The summed E-state index contributed by atoms with van der Waals surface area (Å²) >= 11 is 1.68. The summed E-state index contributed by atoms with van der Waals surface area (Å²) in [5, 5.41) is 0.778. The van der Waals surface area contributed by atoms with Crippen LogP contribution in [0.4, 0.5) is 5.69 Å². The van der Waals surface area contributed by atoms with Crippen molar-refractivity contribution in [1.29, 1.82) is 0 Å². The van der Waals surface area contributed by atoms with Gasteiger partial charge in [-0.25, -0.2) is 4.98 Å². The van der Waals surface area contributed by atoms with E-state index in [9.17, 15) is 9.59 Å². The van der Waals surface area contributed by atoms with Crippen molar-refractivity contribution in [3.63, 3.8) is 0 Å². The maximum Gasteiger partial charge on any atom is 0.259 e. The summed E-state index contributed by atoms with van der Waals surface area (Å²) in [4.78, 5) is 40.1. The van der Waals surface area contributed by atoms with Crippen LogP contribution in [-0.4, -0.2) is 47.0 Å². The Hall–Kier alpha value is -2.67. The van der Waals surface area contributed by atoms with Crippen molar-refractivity contribution in [2.75, 3.05) is 31.1 Å². The molecule has 1 saturated heterocycles. The van der Waals surface area contributed by atoms with Gasteiger partial charge in [0.2, 0.25) is 5.91 Å². The van der Waals surface area contributed by atoms with E-state index >= 15 is 0 Å². The summed E-state index contributed by atoms with van der Waals surface area (Å²) in [6.07, 6.45) is 3.94. The lowest BCUT2D eigenvalue weighted by atomic mass is 9.72. The van der Waals surface area contributed by atoms with Crippen molar-refractivity contribution in [3.05, 3.63) is 56.4 Å². The van der Waals surface area contributed by atoms with Gasteiger partial charge in [0.1, 0.15) is 10.7 Å². The molecule has 1 amide bonds. The number of H-pyrrole nitrogens is 1. The highest BCUT2D eigenvalue weighted by atomic mass is 32.1. The lowest BCUT2D eigenvalue weighted by molar-refractivity contribution is -0.131. The van der Waals surface area contributed by atoms with Crippen LogP contribution < -0.4 is 10.5 Å². The summed E-state index contributed by atoms with van der Waals surface area (Å²) in [7, 11) is 0. The molecule has 1 atom stereocenters. The molecule has 6 nitrogen and oxygen atoms in total. The molecule has 0 radical (unpaired) electrons. The van der Waals surface area contributed by atoms with Gasteiger partial charge >= 0.3 is 0 Å². The van der Waals surface area contributed by atoms with Gasteiger partial charge in [0.25, 0.3) is 5.56 Å². The first-order valence-electron chi connectivity index (χ1n) is 12.8. The largest absolute Gasteiger partial charge is 0.368 e. The number of aromatic amines is 1. The molecule has 1 fully saturated rings. The van der Waals surface area contributed by atoms with E-state index in [1.54, 1.807) is 11.3 Å². The molecule has 0 bridgehead atoms. The molecule has 2 aromatic heterocycles. The van der Waals surface area contributed by atoms with Crippen LogP contribution >= 0.6 is 11.3 Å². The topological polar surface area (TPSA) is 69.3 Å². The Morgan fingerprint density at radius 3 is 2.69 bits per heavy atom. The number of nitrogens with zero attached hydrogens (tertiary/aromatic N) is 3. The van der Waals surface area contributed by atoms with Gasteiger partial charge in [0.15, 0.2) is 0 Å². The standard InChI is InChI=1S/C28H36N4O2S/c1-18-6-5-7-20(16-18)31-12-14-32(15-13-31)24(33)11-10-23-29-26(34)25-21-9-8-19(28(2,3)4)17-22(21)35-27(25)30-23/h5-7,16,19H,8-15,17H2,1-4H3,(H,29,30,34). The predicted molar refractivity (Wildman–Crippen MR) is 144 cm³/mol. The van der Waals surface area contributed by atoms with Crippen LogP contribution in [-0.2, 0) is 24.1 Å². The number of benzene rings is 1. The van der Waals surface area contributed by atoms with E-state index in [2.05, 4.69) is 61.8 Å². The number of carbonyl (C=O) groups excluding carboxylic acids is 1. The summed E-state index contributed by atoms with van der Waals surface area (Å²) in [5.74, 6) is 1.39. The van der Waals surface area contributed by atoms with Crippen LogP contribution in [0.5, 0.6) is 0 Å². The molecule has 1 aromatic carbocycles. The molecule has 2 aliphatic rings. The number of piperazine rings is 1. The van der Waals surface area contributed by atoms with E-state index in [1.807, 2.05) is 4.90 Å². The molecule has 0 saturated carbocycles. The number of carbonyl (C=O) groups is 1. The van der Waals surface area contributed by atoms with Crippen LogP contribution in [0, 0.1) is 18.3 Å². The molecule has 186 valence electrons. The summed E-state index contributed by atoms with van der Waals surface area (Å²) < 4.78 is 0. The number of aryl methyl sites for hydroxylation is 3. The van der Waals surface area contributed by atoms with Gasteiger partial charge in [-0.2, -0.15) is 0 Å². The minimum atomic E-state index is -0.0454. The van der Waals surface area contributed by atoms with E-state index < -0.39 is 0 Å². The molecule has 1 aliphatic heterocycles. The van der Waals surface area contributed by atoms with Crippen molar-refractivity contribution in [3.8, 4) is 0 Å². The Bertz CT molecular complexity index is 1290. The van der Waals surface area contributed by atoms with Crippen molar-refractivity contribution < 1.29 is 4.79 Å². The van der Waals surface area contributed by atoms with Gasteiger partial charge in [-0.15, -0.1) is 11.3 Å². The minimum absolute atomic E-state index is 0.0454. The van der Waals surface area contributed by atoms with E-state index in [0.717, 1.165) is 55.7 Å². The molecule has 1 aliphatic carbocycles. The fraction of sp³-hybridized carbons (Fsp3) is 0.536.